The number of anilines is 1. The molecular weight excluding hydrogens is 404 g/mol. The maximum atomic E-state index is 12.8. The normalized spacial score (nSPS) is 13.2. The predicted octanol–water partition coefficient (Wildman–Crippen LogP) is 4.06. The molecule has 8 heteroatoms. The van der Waals surface area contributed by atoms with Crippen molar-refractivity contribution < 1.29 is 24.2 Å². The zero-order valence-corrected chi connectivity index (χ0v) is 17.6. The highest BCUT2D eigenvalue weighted by Gasteiger charge is 2.27. The number of methoxy groups -OCH3 is 1. The van der Waals surface area contributed by atoms with Crippen LogP contribution in [0.3, 0.4) is 0 Å². The number of benzene rings is 1. The molecule has 30 heavy (non-hydrogen) atoms. The molecule has 1 aromatic carbocycles. The highest BCUT2D eigenvalue weighted by Crippen LogP contribution is 2.38. The van der Waals surface area contributed by atoms with E-state index in [9.17, 15) is 20.0 Å². The van der Waals surface area contributed by atoms with Gasteiger partial charge in [-0.15, -0.1) is 11.3 Å². The first kappa shape index (κ1) is 21.4. The first-order valence-electron chi connectivity index (χ1n) is 9.60. The SMILES string of the molecule is CCOc1cc(/C=C(\C#N)C(=O)Nc2sc3c(c2C(=O)OC)CCCC3)ccc1O. The lowest BCUT2D eigenvalue weighted by atomic mass is 9.95. The molecular formula is C22H22N2O5S. The van der Waals surface area contributed by atoms with Crippen LogP contribution in [0.25, 0.3) is 6.08 Å². The van der Waals surface area contributed by atoms with E-state index < -0.39 is 11.9 Å². The van der Waals surface area contributed by atoms with Gasteiger partial charge in [0.05, 0.1) is 19.3 Å². The van der Waals surface area contributed by atoms with Gasteiger partial charge in [-0.2, -0.15) is 5.26 Å². The van der Waals surface area contributed by atoms with E-state index in [2.05, 4.69) is 5.32 Å². The van der Waals surface area contributed by atoms with E-state index >= 15 is 0 Å². The van der Waals surface area contributed by atoms with Crippen LogP contribution >= 0.6 is 11.3 Å². The van der Waals surface area contributed by atoms with Crippen molar-refractivity contribution in [1.29, 1.82) is 5.26 Å². The first-order chi connectivity index (χ1) is 14.5. The van der Waals surface area contributed by atoms with E-state index in [-0.39, 0.29) is 17.1 Å². The third-order valence-corrected chi connectivity index (χ3v) is 5.95. The second-order valence-corrected chi connectivity index (χ2v) is 7.80. The van der Waals surface area contributed by atoms with Crippen LogP contribution in [0.15, 0.2) is 23.8 Å². The van der Waals surface area contributed by atoms with E-state index in [1.807, 2.05) is 6.07 Å². The Kier molecular flexibility index (Phi) is 6.75. The number of aryl methyl sites for hydroxylation is 1. The number of aromatic hydroxyl groups is 1. The van der Waals surface area contributed by atoms with Crippen LogP contribution in [0.4, 0.5) is 5.00 Å². The molecule has 0 fully saturated rings. The van der Waals surface area contributed by atoms with Crippen LogP contribution in [-0.2, 0) is 22.4 Å². The number of nitriles is 1. The van der Waals surface area contributed by atoms with Gasteiger partial charge in [0, 0.05) is 4.88 Å². The summed E-state index contributed by atoms with van der Waals surface area (Å²) in [4.78, 5) is 26.2. The molecule has 1 aromatic heterocycles. The number of thiophene rings is 1. The number of carbonyl (C=O) groups is 2. The fraction of sp³-hybridized carbons (Fsp3) is 0.318. The summed E-state index contributed by atoms with van der Waals surface area (Å²) >= 11 is 1.36. The lowest BCUT2D eigenvalue weighted by molar-refractivity contribution is -0.112. The Labute approximate surface area is 178 Å². The maximum absolute atomic E-state index is 12.8. The van der Waals surface area contributed by atoms with Gasteiger partial charge in [-0.3, -0.25) is 4.79 Å². The summed E-state index contributed by atoms with van der Waals surface area (Å²) < 4.78 is 10.2. The second kappa shape index (κ2) is 9.46. The van der Waals surface area contributed by atoms with Crippen molar-refractivity contribution in [2.24, 2.45) is 0 Å². The zero-order chi connectivity index (χ0) is 21.7. The quantitative estimate of drug-likeness (QED) is 0.410. The summed E-state index contributed by atoms with van der Waals surface area (Å²) in [5, 5.41) is 22.4. The van der Waals surface area contributed by atoms with Crippen molar-refractivity contribution in [3.63, 3.8) is 0 Å². The van der Waals surface area contributed by atoms with Crippen molar-refractivity contribution in [2.45, 2.75) is 32.6 Å². The van der Waals surface area contributed by atoms with E-state index in [1.54, 1.807) is 19.1 Å². The van der Waals surface area contributed by atoms with Gasteiger partial charge in [0.1, 0.15) is 16.6 Å². The summed E-state index contributed by atoms with van der Waals surface area (Å²) in [6.07, 6.45) is 5.04. The second-order valence-electron chi connectivity index (χ2n) is 6.69. The summed E-state index contributed by atoms with van der Waals surface area (Å²) in [6.45, 7) is 2.15. The fourth-order valence-electron chi connectivity index (χ4n) is 3.35. The molecule has 2 N–H and O–H groups in total. The van der Waals surface area contributed by atoms with Crippen LogP contribution in [0.2, 0.25) is 0 Å². The number of ether oxygens (including phenoxy) is 2. The van der Waals surface area contributed by atoms with Crippen LogP contribution < -0.4 is 10.1 Å². The molecule has 0 aliphatic heterocycles. The molecule has 1 aliphatic carbocycles. The largest absolute Gasteiger partial charge is 0.504 e. The molecule has 0 spiro atoms. The van der Waals surface area contributed by atoms with Gasteiger partial charge in [0.2, 0.25) is 0 Å². The van der Waals surface area contributed by atoms with E-state index in [1.165, 1.54) is 30.6 Å². The number of nitrogens with zero attached hydrogens (tertiary/aromatic N) is 1. The van der Waals surface area contributed by atoms with Crippen molar-refractivity contribution in [2.75, 3.05) is 19.0 Å². The first-order valence-corrected chi connectivity index (χ1v) is 10.4. The molecule has 0 bridgehead atoms. The Morgan fingerprint density at radius 2 is 2.10 bits per heavy atom. The molecule has 1 heterocycles. The molecule has 3 rings (SSSR count). The fourth-order valence-corrected chi connectivity index (χ4v) is 4.62. The minimum Gasteiger partial charge on any atom is -0.504 e. The van der Waals surface area contributed by atoms with Crippen molar-refractivity contribution in [3.8, 4) is 17.6 Å². The number of rotatable bonds is 6. The molecule has 156 valence electrons. The van der Waals surface area contributed by atoms with Crippen LogP contribution in [0, 0.1) is 11.3 Å². The molecule has 7 nitrogen and oxygen atoms in total. The average molecular weight is 426 g/mol. The molecule has 2 aromatic rings. The smallest absolute Gasteiger partial charge is 0.341 e. The van der Waals surface area contributed by atoms with Gasteiger partial charge in [-0.05, 0) is 61.9 Å². The van der Waals surface area contributed by atoms with Crippen LogP contribution in [0.5, 0.6) is 11.5 Å². The zero-order valence-electron chi connectivity index (χ0n) is 16.8. The van der Waals surface area contributed by atoms with Crippen molar-refractivity contribution in [3.05, 3.63) is 45.3 Å². The van der Waals surface area contributed by atoms with E-state index in [4.69, 9.17) is 9.47 Å². The molecule has 0 saturated carbocycles. The van der Waals surface area contributed by atoms with Crippen LogP contribution in [-0.4, -0.2) is 30.7 Å². The number of carbonyl (C=O) groups excluding carboxylic acids is 2. The Morgan fingerprint density at radius 1 is 1.33 bits per heavy atom. The number of hydrogen-bond acceptors (Lipinski definition) is 7. The molecule has 1 aliphatic rings. The summed E-state index contributed by atoms with van der Waals surface area (Å²) in [5.41, 5.74) is 1.70. The minimum absolute atomic E-state index is 0.0242. The summed E-state index contributed by atoms with van der Waals surface area (Å²) in [6, 6.07) is 6.46. The molecule has 0 unspecified atom stereocenters. The monoisotopic (exact) mass is 426 g/mol. The minimum atomic E-state index is -0.618. The number of hydrogen-bond donors (Lipinski definition) is 2. The number of esters is 1. The third-order valence-electron chi connectivity index (χ3n) is 4.75. The predicted molar refractivity (Wildman–Crippen MR) is 114 cm³/mol. The highest BCUT2D eigenvalue weighted by atomic mass is 32.1. The van der Waals surface area contributed by atoms with Gasteiger partial charge in [0.25, 0.3) is 5.91 Å². The van der Waals surface area contributed by atoms with Gasteiger partial charge in [-0.25, -0.2) is 4.79 Å². The highest BCUT2D eigenvalue weighted by molar-refractivity contribution is 7.17. The molecule has 0 saturated heterocycles. The number of phenolic OH excluding ortho intramolecular Hbond substituents is 1. The third kappa shape index (κ3) is 4.47. The molecule has 1 amide bonds. The Morgan fingerprint density at radius 3 is 2.80 bits per heavy atom. The number of nitrogens with one attached hydrogen (secondary N) is 1. The van der Waals surface area contributed by atoms with Gasteiger partial charge in [-0.1, -0.05) is 6.07 Å². The molecule has 0 atom stereocenters. The Balaban J connectivity index is 1.90. The number of amides is 1. The summed E-state index contributed by atoms with van der Waals surface area (Å²) in [5.74, 6) is -0.869. The van der Waals surface area contributed by atoms with Crippen molar-refractivity contribution in [1.82, 2.24) is 0 Å². The van der Waals surface area contributed by atoms with Crippen LogP contribution in [0.1, 0.15) is 46.1 Å². The lowest BCUT2D eigenvalue weighted by Crippen LogP contribution is -2.16. The number of fused-ring (bicyclic) bond motifs is 1. The number of phenols is 1. The Bertz CT molecular complexity index is 1050. The maximum Gasteiger partial charge on any atom is 0.341 e. The van der Waals surface area contributed by atoms with E-state index in [0.29, 0.717) is 22.7 Å². The van der Waals surface area contributed by atoms with E-state index in [0.717, 1.165) is 36.1 Å². The lowest BCUT2D eigenvalue weighted by Gasteiger charge is -2.11. The Hall–Kier alpha value is -3.31. The topological polar surface area (TPSA) is 109 Å². The van der Waals surface area contributed by atoms with Gasteiger partial charge >= 0.3 is 5.97 Å². The summed E-state index contributed by atoms with van der Waals surface area (Å²) in [7, 11) is 1.31. The standard InChI is InChI=1S/C22H22N2O5S/c1-3-29-17-11-13(8-9-16(17)25)10-14(12-23)20(26)24-21-19(22(27)28-2)15-6-4-5-7-18(15)30-21/h8-11,25H,3-7H2,1-2H3,(H,24,26)/b14-10+. The average Bonchev–Trinajstić information content (AvgIpc) is 3.11. The molecule has 0 radical (unpaired) electrons. The van der Waals surface area contributed by atoms with Crippen molar-refractivity contribution >= 4 is 34.3 Å². The van der Waals surface area contributed by atoms with Gasteiger partial charge in [0.15, 0.2) is 11.5 Å². The van der Waals surface area contributed by atoms with Gasteiger partial charge < -0.3 is 19.9 Å².